The Bertz CT molecular complexity index is 715. The zero-order valence-corrected chi connectivity index (χ0v) is 19.4. The van der Waals surface area contributed by atoms with Gasteiger partial charge < -0.3 is 15.0 Å². The average molecular weight is 500 g/mol. The highest BCUT2D eigenvalue weighted by atomic mass is 127. The Hall–Kier alpha value is -1.19. The number of aromatic nitrogens is 1. The third kappa shape index (κ3) is 6.43. The molecule has 1 aliphatic rings. The molecule has 5 nitrogen and oxygen atoms in total. The van der Waals surface area contributed by atoms with Crippen LogP contribution >= 0.6 is 35.3 Å². The van der Waals surface area contributed by atoms with Crippen LogP contribution in [0.1, 0.15) is 27.6 Å². The highest BCUT2D eigenvalue weighted by Crippen LogP contribution is 2.19. The standard InChI is InChI=1S/C20H28N4OS.HI/c1-15-16(2)26-19(23-15)11-22-20(21-3)24-10-9-18(12-24)14-25-13-17-7-5-4-6-8-17;/h4-8,18H,9-14H2,1-3H3,(H,21,22);1H. The van der Waals surface area contributed by atoms with Gasteiger partial charge in [0.15, 0.2) is 5.96 Å². The quantitative estimate of drug-likeness (QED) is 0.370. The molecule has 3 rings (SSSR count). The van der Waals surface area contributed by atoms with Crippen LogP contribution in [-0.4, -0.2) is 42.6 Å². The zero-order valence-electron chi connectivity index (χ0n) is 16.3. The fourth-order valence-corrected chi connectivity index (χ4v) is 4.05. The molecule has 7 heteroatoms. The van der Waals surface area contributed by atoms with Crippen LogP contribution in [0, 0.1) is 19.8 Å². The van der Waals surface area contributed by atoms with E-state index in [-0.39, 0.29) is 24.0 Å². The van der Waals surface area contributed by atoms with Crippen LogP contribution in [0.3, 0.4) is 0 Å². The first-order valence-electron chi connectivity index (χ1n) is 9.16. The van der Waals surface area contributed by atoms with Gasteiger partial charge >= 0.3 is 0 Å². The van der Waals surface area contributed by atoms with Gasteiger partial charge in [0.25, 0.3) is 0 Å². The molecule has 0 aliphatic carbocycles. The first kappa shape index (κ1) is 22.1. The predicted molar refractivity (Wildman–Crippen MR) is 123 cm³/mol. The monoisotopic (exact) mass is 500 g/mol. The zero-order chi connectivity index (χ0) is 18.4. The molecule has 1 aromatic carbocycles. The lowest BCUT2D eigenvalue weighted by molar-refractivity contribution is 0.0906. The number of halogens is 1. The van der Waals surface area contributed by atoms with Crippen molar-refractivity contribution in [2.24, 2.45) is 10.9 Å². The van der Waals surface area contributed by atoms with Crippen molar-refractivity contribution < 1.29 is 4.74 Å². The van der Waals surface area contributed by atoms with Gasteiger partial charge in [-0.1, -0.05) is 30.3 Å². The number of guanidine groups is 1. The van der Waals surface area contributed by atoms with Gasteiger partial charge in [-0.2, -0.15) is 0 Å². The summed E-state index contributed by atoms with van der Waals surface area (Å²) in [5.41, 5.74) is 2.35. The summed E-state index contributed by atoms with van der Waals surface area (Å²) in [6.07, 6.45) is 1.14. The average Bonchev–Trinajstić information content (AvgIpc) is 3.24. The second-order valence-corrected chi connectivity index (χ2v) is 8.04. The molecule has 1 aromatic heterocycles. The largest absolute Gasteiger partial charge is 0.376 e. The molecule has 1 saturated heterocycles. The van der Waals surface area contributed by atoms with Crippen LogP contribution in [0.5, 0.6) is 0 Å². The minimum atomic E-state index is 0. The van der Waals surface area contributed by atoms with Crippen molar-refractivity contribution in [1.82, 2.24) is 15.2 Å². The summed E-state index contributed by atoms with van der Waals surface area (Å²) in [6, 6.07) is 10.4. The number of rotatable bonds is 6. The molecule has 1 atom stereocenters. The lowest BCUT2D eigenvalue weighted by Crippen LogP contribution is -2.39. The minimum absolute atomic E-state index is 0. The third-order valence-electron chi connectivity index (χ3n) is 4.73. The molecule has 2 aromatic rings. The molecule has 148 valence electrons. The summed E-state index contributed by atoms with van der Waals surface area (Å²) in [7, 11) is 1.85. The van der Waals surface area contributed by atoms with E-state index in [0.29, 0.717) is 12.5 Å². The molecule has 1 fully saturated rings. The van der Waals surface area contributed by atoms with E-state index < -0.39 is 0 Å². The number of likely N-dealkylation sites (tertiary alicyclic amines) is 1. The molecule has 0 saturated carbocycles. The SMILES string of the molecule is CN=C(NCc1nc(C)c(C)s1)N1CCC(COCc2ccccc2)C1.I. The summed E-state index contributed by atoms with van der Waals surface area (Å²) < 4.78 is 5.92. The van der Waals surface area contributed by atoms with Crippen LogP contribution < -0.4 is 5.32 Å². The lowest BCUT2D eigenvalue weighted by atomic mass is 10.1. The number of nitrogens with zero attached hydrogens (tertiary/aromatic N) is 3. The lowest BCUT2D eigenvalue weighted by Gasteiger charge is -2.21. The smallest absolute Gasteiger partial charge is 0.194 e. The van der Waals surface area contributed by atoms with E-state index in [1.807, 2.05) is 13.1 Å². The molecule has 2 heterocycles. The predicted octanol–water partition coefficient (Wildman–Crippen LogP) is 3.99. The highest BCUT2D eigenvalue weighted by Gasteiger charge is 2.25. The van der Waals surface area contributed by atoms with Gasteiger partial charge in [0.05, 0.1) is 25.5 Å². The van der Waals surface area contributed by atoms with E-state index in [4.69, 9.17) is 4.74 Å². The number of thiazole rings is 1. The Balaban J connectivity index is 0.00000261. The van der Waals surface area contributed by atoms with E-state index in [9.17, 15) is 0 Å². The van der Waals surface area contributed by atoms with Crippen molar-refractivity contribution in [2.45, 2.75) is 33.4 Å². The van der Waals surface area contributed by atoms with Gasteiger partial charge in [0.1, 0.15) is 5.01 Å². The molecule has 0 amide bonds. The molecule has 0 radical (unpaired) electrons. The minimum Gasteiger partial charge on any atom is -0.376 e. The molecule has 0 bridgehead atoms. The van der Waals surface area contributed by atoms with Gasteiger partial charge in [0.2, 0.25) is 0 Å². The number of nitrogens with one attached hydrogen (secondary N) is 1. The number of ether oxygens (including phenoxy) is 1. The van der Waals surface area contributed by atoms with Crippen molar-refractivity contribution >= 4 is 41.3 Å². The normalized spacial score (nSPS) is 17.1. The Morgan fingerprint density at radius 2 is 2.11 bits per heavy atom. The topological polar surface area (TPSA) is 49.8 Å². The number of hydrogen-bond donors (Lipinski definition) is 1. The first-order valence-corrected chi connectivity index (χ1v) is 9.97. The van der Waals surface area contributed by atoms with Gasteiger partial charge in [-0.05, 0) is 25.8 Å². The van der Waals surface area contributed by atoms with Crippen LogP contribution in [0.15, 0.2) is 35.3 Å². The molecular formula is C20H29IN4OS. The van der Waals surface area contributed by atoms with E-state index in [1.165, 1.54) is 10.4 Å². The summed E-state index contributed by atoms with van der Waals surface area (Å²) in [4.78, 5) is 12.6. The van der Waals surface area contributed by atoms with Crippen LogP contribution in [0.2, 0.25) is 0 Å². The van der Waals surface area contributed by atoms with Gasteiger partial charge in [-0.3, -0.25) is 4.99 Å². The van der Waals surface area contributed by atoms with E-state index >= 15 is 0 Å². The second kappa shape index (κ2) is 11.0. The summed E-state index contributed by atoms with van der Waals surface area (Å²) in [5.74, 6) is 1.52. The summed E-state index contributed by atoms with van der Waals surface area (Å²) >= 11 is 1.75. The number of hydrogen-bond acceptors (Lipinski definition) is 4. The number of aliphatic imine (C=N–C) groups is 1. The Morgan fingerprint density at radius 1 is 1.33 bits per heavy atom. The maximum Gasteiger partial charge on any atom is 0.194 e. The van der Waals surface area contributed by atoms with E-state index in [2.05, 4.69) is 58.3 Å². The van der Waals surface area contributed by atoms with Crippen molar-refractivity contribution in [3.05, 3.63) is 51.5 Å². The Kier molecular flexibility index (Phi) is 8.98. The Morgan fingerprint density at radius 3 is 2.78 bits per heavy atom. The molecule has 0 spiro atoms. The first-order chi connectivity index (χ1) is 12.7. The summed E-state index contributed by atoms with van der Waals surface area (Å²) in [6.45, 7) is 8.41. The summed E-state index contributed by atoms with van der Waals surface area (Å²) in [5, 5.41) is 4.57. The van der Waals surface area contributed by atoms with E-state index in [1.54, 1.807) is 11.3 Å². The van der Waals surface area contributed by atoms with Crippen LogP contribution in [0.25, 0.3) is 0 Å². The van der Waals surface area contributed by atoms with Crippen molar-refractivity contribution in [3.63, 3.8) is 0 Å². The fourth-order valence-electron chi connectivity index (χ4n) is 3.18. The van der Waals surface area contributed by atoms with Crippen molar-refractivity contribution in [3.8, 4) is 0 Å². The fraction of sp³-hybridized carbons (Fsp3) is 0.500. The second-order valence-electron chi connectivity index (χ2n) is 6.75. The number of benzene rings is 1. The third-order valence-corrected chi connectivity index (χ3v) is 5.81. The van der Waals surface area contributed by atoms with Gasteiger partial charge in [0, 0.05) is 30.9 Å². The molecule has 1 aliphatic heterocycles. The van der Waals surface area contributed by atoms with Gasteiger partial charge in [-0.15, -0.1) is 35.3 Å². The highest BCUT2D eigenvalue weighted by molar-refractivity contribution is 14.0. The maximum absolute atomic E-state index is 5.92. The van der Waals surface area contributed by atoms with Gasteiger partial charge in [-0.25, -0.2) is 4.98 Å². The maximum atomic E-state index is 5.92. The number of aryl methyl sites for hydroxylation is 2. The van der Waals surface area contributed by atoms with Crippen molar-refractivity contribution in [1.29, 1.82) is 0 Å². The molecule has 27 heavy (non-hydrogen) atoms. The Labute approximate surface area is 183 Å². The molecular weight excluding hydrogens is 471 g/mol. The van der Waals surface area contributed by atoms with Crippen LogP contribution in [-0.2, 0) is 17.9 Å². The molecule has 1 N–H and O–H groups in total. The van der Waals surface area contributed by atoms with Crippen LogP contribution in [0.4, 0.5) is 0 Å². The van der Waals surface area contributed by atoms with Crippen molar-refractivity contribution in [2.75, 3.05) is 26.7 Å². The van der Waals surface area contributed by atoms with E-state index in [0.717, 1.165) is 49.3 Å². The molecule has 1 unspecified atom stereocenters.